The lowest BCUT2D eigenvalue weighted by molar-refractivity contribution is 0.351. The van der Waals surface area contributed by atoms with E-state index >= 15 is 0 Å². The maximum atomic E-state index is 6.21. The van der Waals surface area contributed by atoms with Crippen molar-refractivity contribution in [1.29, 1.82) is 0 Å². The van der Waals surface area contributed by atoms with Crippen LogP contribution in [0.5, 0.6) is 5.75 Å². The van der Waals surface area contributed by atoms with Crippen LogP contribution < -0.4 is 10.1 Å². The molecule has 100 valence electrons. The second-order valence-corrected chi connectivity index (χ2v) is 5.61. The third kappa shape index (κ3) is 2.29. The lowest BCUT2D eigenvalue weighted by Crippen LogP contribution is -2.18. The number of furan rings is 1. The van der Waals surface area contributed by atoms with Crippen molar-refractivity contribution in [3.8, 4) is 5.75 Å². The molecule has 1 aliphatic rings. The van der Waals surface area contributed by atoms with Crippen LogP contribution in [-0.4, -0.2) is 13.7 Å². The number of fused-ring (bicyclic) bond motifs is 1. The van der Waals surface area contributed by atoms with Crippen molar-refractivity contribution in [1.82, 2.24) is 5.32 Å². The molecule has 1 aromatic heterocycles. The number of hydrogen-bond acceptors (Lipinski definition) is 3. The minimum Gasteiger partial charge on any atom is -0.493 e. The van der Waals surface area contributed by atoms with E-state index < -0.39 is 0 Å². The number of halogens is 2. The molecule has 3 nitrogen and oxygen atoms in total. The number of hydrogen-bond donors (Lipinski definition) is 1. The maximum absolute atomic E-state index is 6.21. The number of ether oxygens (including phenoxy) is 1. The first-order valence-corrected chi connectivity index (χ1v) is 7.23. The average molecular weight is 343 g/mol. The molecule has 1 aromatic carbocycles. The topological polar surface area (TPSA) is 34.4 Å². The van der Waals surface area contributed by atoms with Gasteiger partial charge in [0.05, 0.1) is 18.9 Å². The van der Waals surface area contributed by atoms with Crippen LogP contribution in [0.1, 0.15) is 22.7 Å². The van der Waals surface area contributed by atoms with E-state index in [2.05, 4.69) is 21.2 Å². The molecule has 5 heteroatoms. The Balaban J connectivity index is 2.12. The monoisotopic (exact) mass is 341 g/mol. The van der Waals surface area contributed by atoms with Crippen LogP contribution in [0.4, 0.5) is 0 Å². The zero-order valence-electron chi connectivity index (χ0n) is 10.4. The summed E-state index contributed by atoms with van der Waals surface area (Å²) < 4.78 is 11.8. The Morgan fingerprint density at radius 1 is 1.37 bits per heavy atom. The fraction of sp³-hybridized carbons (Fsp3) is 0.286. The molecule has 0 radical (unpaired) electrons. The van der Waals surface area contributed by atoms with Gasteiger partial charge in [0, 0.05) is 22.6 Å². The smallest absolute Gasteiger partial charge is 0.174 e. The predicted molar refractivity (Wildman–Crippen MR) is 78.0 cm³/mol. The highest BCUT2D eigenvalue weighted by Gasteiger charge is 2.25. The molecule has 0 aliphatic carbocycles. The van der Waals surface area contributed by atoms with Crippen LogP contribution in [-0.2, 0) is 6.42 Å². The van der Waals surface area contributed by atoms with Gasteiger partial charge < -0.3 is 14.5 Å². The van der Waals surface area contributed by atoms with E-state index in [9.17, 15) is 0 Å². The van der Waals surface area contributed by atoms with Gasteiger partial charge in [-0.3, -0.25) is 0 Å². The van der Waals surface area contributed by atoms with Crippen molar-refractivity contribution in [2.45, 2.75) is 12.5 Å². The number of benzene rings is 1. The molecule has 0 fully saturated rings. The number of rotatable bonds is 3. The highest BCUT2D eigenvalue weighted by molar-refractivity contribution is 9.10. The van der Waals surface area contributed by atoms with E-state index in [1.807, 2.05) is 25.2 Å². The molecule has 0 bridgehead atoms. The highest BCUT2D eigenvalue weighted by Crippen LogP contribution is 2.40. The number of nitrogens with one attached hydrogen (secondary N) is 1. The van der Waals surface area contributed by atoms with Crippen molar-refractivity contribution in [3.05, 3.63) is 50.8 Å². The first-order valence-electron chi connectivity index (χ1n) is 6.06. The third-order valence-electron chi connectivity index (χ3n) is 3.33. The molecule has 1 unspecified atom stereocenters. The van der Waals surface area contributed by atoms with Crippen LogP contribution >= 0.6 is 27.5 Å². The fourth-order valence-electron chi connectivity index (χ4n) is 2.50. The Kier molecular flexibility index (Phi) is 3.56. The molecular formula is C14H13BrClNO2. The minimum atomic E-state index is -0.0151. The summed E-state index contributed by atoms with van der Waals surface area (Å²) in [6, 6.07) is 5.85. The van der Waals surface area contributed by atoms with Gasteiger partial charge in [-0.2, -0.15) is 0 Å². The molecule has 1 N–H and O–H groups in total. The van der Waals surface area contributed by atoms with E-state index in [-0.39, 0.29) is 6.04 Å². The van der Waals surface area contributed by atoms with Gasteiger partial charge in [0.25, 0.3) is 0 Å². The van der Waals surface area contributed by atoms with E-state index in [4.69, 9.17) is 20.8 Å². The zero-order valence-corrected chi connectivity index (χ0v) is 12.7. The van der Waals surface area contributed by atoms with Crippen LogP contribution in [0.15, 0.2) is 33.5 Å². The standard InChI is InChI=1S/C14H13BrClNO2/c1-17-12(10-3-5-19-14(10)15)11-7-9(16)6-8-2-4-18-13(8)11/h3,5-7,12,17H,2,4H2,1H3. The summed E-state index contributed by atoms with van der Waals surface area (Å²) >= 11 is 9.64. The summed E-state index contributed by atoms with van der Waals surface area (Å²) in [7, 11) is 1.91. The molecule has 3 rings (SSSR count). The first kappa shape index (κ1) is 13.0. The molecule has 0 saturated carbocycles. The summed E-state index contributed by atoms with van der Waals surface area (Å²) in [5, 5.41) is 4.03. The largest absolute Gasteiger partial charge is 0.493 e. The quantitative estimate of drug-likeness (QED) is 0.917. The van der Waals surface area contributed by atoms with Gasteiger partial charge in [-0.15, -0.1) is 0 Å². The Morgan fingerprint density at radius 2 is 2.21 bits per heavy atom. The van der Waals surface area contributed by atoms with E-state index in [0.717, 1.165) is 33.0 Å². The average Bonchev–Trinajstić information content (AvgIpc) is 2.99. The van der Waals surface area contributed by atoms with Gasteiger partial charge in [-0.05, 0) is 46.7 Å². The normalized spacial score (nSPS) is 15.1. The van der Waals surface area contributed by atoms with Crippen molar-refractivity contribution in [2.75, 3.05) is 13.7 Å². The molecule has 0 saturated heterocycles. The van der Waals surface area contributed by atoms with E-state index in [1.54, 1.807) is 6.26 Å². The molecule has 1 atom stereocenters. The Morgan fingerprint density at radius 3 is 2.89 bits per heavy atom. The lowest BCUT2D eigenvalue weighted by Gasteiger charge is -2.19. The molecule has 2 aromatic rings. The van der Waals surface area contributed by atoms with Gasteiger partial charge in [0.2, 0.25) is 0 Å². The zero-order chi connectivity index (χ0) is 13.4. The Labute approximate surface area is 125 Å². The van der Waals surface area contributed by atoms with E-state index in [1.165, 1.54) is 5.56 Å². The molecule has 0 amide bonds. The summed E-state index contributed by atoms with van der Waals surface area (Å²) in [6.07, 6.45) is 2.57. The van der Waals surface area contributed by atoms with Crippen LogP contribution in [0, 0.1) is 0 Å². The summed E-state index contributed by atoms with van der Waals surface area (Å²) in [4.78, 5) is 0. The van der Waals surface area contributed by atoms with Crippen LogP contribution in [0.2, 0.25) is 5.02 Å². The molecule has 19 heavy (non-hydrogen) atoms. The van der Waals surface area contributed by atoms with Gasteiger partial charge >= 0.3 is 0 Å². The van der Waals surface area contributed by atoms with Gasteiger partial charge in [0.1, 0.15) is 5.75 Å². The van der Waals surface area contributed by atoms with Crippen molar-refractivity contribution < 1.29 is 9.15 Å². The molecule has 0 spiro atoms. The molecule has 2 heterocycles. The first-order chi connectivity index (χ1) is 9.20. The summed E-state index contributed by atoms with van der Waals surface area (Å²) in [5.74, 6) is 0.942. The SMILES string of the molecule is CNC(c1ccoc1Br)c1cc(Cl)cc2c1OCC2. The van der Waals surface area contributed by atoms with Crippen molar-refractivity contribution in [2.24, 2.45) is 0 Å². The van der Waals surface area contributed by atoms with Crippen molar-refractivity contribution >= 4 is 27.5 Å². The third-order valence-corrected chi connectivity index (χ3v) is 4.20. The predicted octanol–water partition coefficient (Wildman–Crippen LogP) is 3.94. The second kappa shape index (κ2) is 5.19. The Bertz CT molecular complexity index is 611. The minimum absolute atomic E-state index is 0.0151. The maximum Gasteiger partial charge on any atom is 0.174 e. The lowest BCUT2D eigenvalue weighted by atomic mass is 9.98. The summed E-state index contributed by atoms with van der Waals surface area (Å²) in [5.41, 5.74) is 3.24. The van der Waals surface area contributed by atoms with E-state index in [0.29, 0.717) is 6.61 Å². The fourth-order valence-corrected chi connectivity index (χ4v) is 3.22. The Hall–Kier alpha value is -0.970. The van der Waals surface area contributed by atoms with Crippen molar-refractivity contribution in [3.63, 3.8) is 0 Å². The molecular weight excluding hydrogens is 330 g/mol. The van der Waals surface area contributed by atoms with Crippen LogP contribution in [0.3, 0.4) is 0 Å². The molecule has 1 aliphatic heterocycles. The van der Waals surface area contributed by atoms with Gasteiger partial charge in [-0.25, -0.2) is 0 Å². The highest BCUT2D eigenvalue weighted by atomic mass is 79.9. The van der Waals surface area contributed by atoms with Crippen LogP contribution in [0.25, 0.3) is 0 Å². The van der Waals surface area contributed by atoms with Gasteiger partial charge in [-0.1, -0.05) is 11.6 Å². The summed E-state index contributed by atoms with van der Waals surface area (Å²) in [6.45, 7) is 0.714. The second-order valence-electron chi connectivity index (χ2n) is 4.45. The van der Waals surface area contributed by atoms with Gasteiger partial charge in [0.15, 0.2) is 4.67 Å².